The summed E-state index contributed by atoms with van der Waals surface area (Å²) >= 11 is 5.97. The predicted octanol–water partition coefficient (Wildman–Crippen LogP) is 3.84. The zero-order valence-electron chi connectivity index (χ0n) is 13.7. The van der Waals surface area contributed by atoms with Gasteiger partial charge in [0, 0.05) is 22.8 Å². The van der Waals surface area contributed by atoms with E-state index in [2.05, 4.69) is 10.2 Å². The van der Waals surface area contributed by atoms with Crippen LogP contribution in [0.1, 0.15) is 24.4 Å². The minimum atomic E-state index is -0.0280. The van der Waals surface area contributed by atoms with Gasteiger partial charge in [0.15, 0.2) is 11.5 Å². The van der Waals surface area contributed by atoms with Gasteiger partial charge in [0.25, 0.3) is 0 Å². The van der Waals surface area contributed by atoms with Crippen molar-refractivity contribution in [1.82, 2.24) is 4.90 Å². The molecule has 0 saturated carbocycles. The lowest BCUT2D eigenvalue weighted by atomic mass is 10.0. The number of benzene rings is 2. The van der Waals surface area contributed by atoms with Crippen LogP contribution in [0.25, 0.3) is 0 Å². The number of hydrogen-bond donors (Lipinski definition) is 1. The van der Waals surface area contributed by atoms with Gasteiger partial charge in [0.05, 0.1) is 6.54 Å². The molecule has 25 heavy (non-hydrogen) atoms. The van der Waals surface area contributed by atoms with Gasteiger partial charge in [-0.1, -0.05) is 23.7 Å². The van der Waals surface area contributed by atoms with E-state index < -0.39 is 0 Å². The maximum absolute atomic E-state index is 12.5. The molecule has 0 bridgehead atoms. The fraction of sp³-hybridized carbons (Fsp3) is 0.316. The predicted molar refractivity (Wildman–Crippen MR) is 96.2 cm³/mol. The molecule has 1 saturated heterocycles. The molecule has 0 aliphatic carbocycles. The van der Waals surface area contributed by atoms with Crippen LogP contribution in [0.15, 0.2) is 42.5 Å². The first-order valence-corrected chi connectivity index (χ1v) is 8.76. The monoisotopic (exact) mass is 358 g/mol. The second-order valence-electron chi connectivity index (χ2n) is 6.30. The van der Waals surface area contributed by atoms with Crippen molar-refractivity contribution in [3.05, 3.63) is 53.1 Å². The number of amides is 1. The SMILES string of the molecule is O=C(CN1CCC[C@@H]1c1ccc(Cl)cc1)Nc1ccc2c(c1)OCO2. The molecule has 1 amide bonds. The number of nitrogens with one attached hydrogen (secondary N) is 1. The van der Waals surface area contributed by atoms with E-state index >= 15 is 0 Å². The first-order chi connectivity index (χ1) is 12.2. The summed E-state index contributed by atoms with van der Waals surface area (Å²) in [6.07, 6.45) is 2.14. The van der Waals surface area contributed by atoms with Crippen LogP contribution in [-0.4, -0.2) is 30.7 Å². The fourth-order valence-electron chi connectivity index (χ4n) is 3.44. The highest BCUT2D eigenvalue weighted by molar-refractivity contribution is 6.30. The molecular weight excluding hydrogens is 340 g/mol. The third-order valence-corrected chi connectivity index (χ3v) is 4.87. The number of rotatable bonds is 4. The Balaban J connectivity index is 1.40. The van der Waals surface area contributed by atoms with E-state index in [9.17, 15) is 4.79 Å². The lowest BCUT2D eigenvalue weighted by Gasteiger charge is -2.24. The smallest absolute Gasteiger partial charge is 0.238 e. The molecule has 0 aromatic heterocycles. The van der Waals surface area contributed by atoms with Crippen LogP contribution in [-0.2, 0) is 4.79 Å². The van der Waals surface area contributed by atoms with Crippen LogP contribution in [0, 0.1) is 0 Å². The van der Waals surface area contributed by atoms with E-state index in [1.165, 1.54) is 5.56 Å². The van der Waals surface area contributed by atoms with Crippen molar-refractivity contribution in [3.8, 4) is 11.5 Å². The number of carbonyl (C=O) groups is 1. The summed E-state index contributed by atoms with van der Waals surface area (Å²) in [6.45, 7) is 1.51. The Labute approximate surface area is 151 Å². The van der Waals surface area contributed by atoms with Gasteiger partial charge < -0.3 is 14.8 Å². The van der Waals surface area contributed by atoms with Crippen LogP contribution >= 0.6 is 11.6 Å². The van der Waals surface area contributed by atoms with E-state index in [-0.39, 0.29) is 18.7 Å². The van der Waals surface area contributed by atoms with Gasteiger partial charge >= 0.3 is 0 Å². The molecule has 0 unspecified atom stereocenters. The molecule has 1 atom stereocenters. The topological polar surface area (TPSA) is 50.8 Å². The minimum Gasteiger partial charge on any atom is -0.454 e. The average Bonchev–Trinajstić information content (AvgIpc) is 3.24. The number of nitrogens with zero attached hydrogens (tertiary/aromatic N) is 1. The number of ether oxygens (including phenoxy) is 2. The molecule has 0 spiro atoms. The van der Waals surface area contributed by atoms with Crippen molar-refractivity contribution in [2.75, 3.05) is 25.2 Å². The van der Waals surface area contributed by atoms with E-state index in [0.717, 1.165) is 30.1 Å². The highest BCUT2D eigenvalue weighted by atomic mass is 35.5. The third-order valence-electron chi connectivity index (χ3n) is 4.62. The summed E-state index contributed by atoms with van der Waals surface area (Å²) in [6, 6.07) is 13.6. The van der Waals surface area contributed by atoms with E-state index in [1.807, 2.05) is 36.4 Å². The molecule has 2 aliphatic heterocycles. The maximum Gasteiger partial charge on any atom is 0.238 e. The lowest BCUT2D eigenvalue weighted by molar-refractivity contribution is -0.117. The number of likely N-dealkylation sites (tertiary alicyclic amines) is 1. The number of carbonyl (C=O) groups excluding carboxylic acids is 1. The van der Waals surface area contributed by atoms with E-state index in [0.29, 0.717) is 18.0 Å². The van der Waals surface area contributed by atoms with Crippen molar-refractivity contribution in [2.45, 2.75) is 18.9 Å². The molecule has 1 fully saturated rings. The van der Waals surface area contributed by atoms with Crippen molar-refractivity contribution in [2.24, 2.45) is 0 Å². The Hall–Kier alpha value is -2.24. The molecule has 130 valence electrons. The molecule has 4 rings (SSSR count). The second-order valence-corrected chi connectivity index (χ2v) is 6.73. The lowest BCUT2D eigenvalue weighted by Crippen LogP contribution is -2.32. The Kier molecular flexibility index (Phi) is 4.51. The first-order valence-electron chi connectivity index (χ1n) is 8.38. The van der Waals surface area contributed by atoms with Gasteiger partial charge in [-0.05, 0) is 49.2 Å². The van der Waals surface area contributed by atoms with Crippen LogP contribution in [0.2, 0.25) is 5.02 Å². The molecule has 5 nitrogen and oxygen atoms in total. The average molecular weight is 359 g/mol. The van der Waals surface area contributed by atoms with Gasteiger partial charge in [0.2, 0.25) is 12.7 Å². The standard InChI is InChI=1S/C19H19ClN2O3/c20-14-5-3-13(4-6-14)16-2-1-9-22(16)11-19(23)21-15-7-8-17-18(10-15)25-12-24-17/h3-8,10,16H,1-2,9,11-12H2,(H,21,23)/t16-/m1/s1. The number of anilines is 1. The number of hydrogen-bond acceptors (Lipinski definition) is 4. The van der Waals surface area contributed by atoms with Crippen molar-refractivity contribution in [3.63, 3.8) is 0 Å². The Morgan fingerprint density at radius 1 is 1.16 bits per heavy atom. The summed E-state index contributed by atoms with van der Waals surface area (Å²) in [4.78, 5) is 14.7. The molecule has 6 heteroatoms. The van der Waals surface area contributed by atoms with Crippen molar-refractivity contribution in [1.29, 1.82) is 0 Å². The molecule has 2 heterocycles. The van der Waals surface area contributed by atoms with E-state index in [4.69, 9.17) is 21.1 Å². The highest BCUT2D eigenvalue weighted by Gasteiger charge is 2.27. The van der Waals surface area contributed by atoms with Crippen molar-refractivity contribution < 1.29 is 14.3 Å². The zero-order chi connectivity index (χ0) is 17.2. The second kappa shape index (κ2) is 6.94. The normalized spacial score (nSPS) is 19.2. The maximum atomic E-state index is 12.5. The third kappa shape index (κ3) is 3.57. The summed E-state index contributed by atoms with van der Waals surface area (Å²) in [5.74, 6) is 1.35. The van der Waals surface area contributed by atoms with Gasteiger partial charge in [-0.2, -0.15) is 0 Å². The molecule has 2 aliphatic rings. The first kappa shape index (κ1) is 16.2. The molecular formula is C19H19ClN2O3. The van der Waals surface area contributed by atoms with Crippen molar-refractivity contribution >= 4 is 23.2 Å². The Morgan fingerprint density at radius 2 is 1.96 bits per heavy atom. The van der Waals surface area contributed by atoms with Crippen LogP contribution < -0.4 is 14.8 Å². The molecule has 1 N–H and O–H groups in total. The van der Waals surface area contributed by atoms with Crippen LogP contribution in [0.5, 0.6) is 11.5 Å². The highest BCUT2D eigenvalue weighted by Crippen LogP contribution is 2.35. The van der Waals surface area contributed by atoms with Gasteiger partial charge in [0.1, 0.15) is 0 Å². The van der Waals surface area contributed by atoms with Crippen LogP contribution in [0.3, 0.4) is 0 Å². The quantitative estimate of drug-likeness (QED) is 0.902. The zero-order valence-corrected chi connectivity index (χ0v) is 14.5. The summed E-state index contributed by atoms with van der Waals surface area (Å²) in [5.41, 5.74) is 1.93. The molecule has 2 aromatic carbocycles. The Bertz CT molecular complexity index is 779. The minimum absolute atomic E-state index is 0.0280. The Morgan fingerprint density at radius 3 is 2.80 bits per heavy atom. The summed E-state index contributed by atoms with van der Waals surface area (Å²) in [5, 5.41) is 3.67. The largest absolute Gasteiger partial charge is 0.454 e. The summed E-state index contributed by atoms with van der Waals surface area (Å²) in [7, 11) is 0. The molecule has 0 radical (unpaired) electrons. The molecule has 2 aromatic rings. The van der Waals surface area contributed by atoms with Gasteiger partial charge in [-0.15, -0.1) is 0 Å². The fourth-order valence-corrected chi connectivity index (χ4v) is 3.56. The number of halogens is 1. The van der Waals surface area contributed by atoms with E-state index in [1.54, 1.807) is 6.07 Å². The van der Waals surface area contributed by atoms with Crippen LogP contribution in [0.4, 0.5) is 5.69 Å². The van der Waals surface area contributed by atoms with Gasteiger partial charge in [-0.25, -0.2) is 0 Å². The summed E-state index contributed by atoms with van der Waals surface area (Å²) < 4.78 is 10.6. The van der Waals surface area contributed by atoms with Gasteiger partial charge in [-0.3, -0.25) is 9.69 Å². The number of fused-ring (bicyclic) bond motifs is 1.